The molecule has 0 aliphatic heterocycles. The van der Waals surface area contributed by atoms with Crippen molar-refractivity contribution in [3.05, 3.63) is 58.9 Å². The van der Waals surface area contributed by atoms with Gasteiger partial charge in [-0.15, -0.1) is 0 Å². The van der Waals surface area contributed by atoms with Gasteiger partial charge in [-0.25, -0.2) is 9.18 Å². The molecular formula is C18H17ClFNO4. The van der Waals surface area contributed by atoms with Crippen molar-refractivity contribution in [3.63, 3.8) is 0 Å². The predicted molar refractivity (Wildman–Crippen MR) is 92.5 cm³/mol. The van der Waals surface area contributed by atoms with E-state index in [1.54, 1.807) is 24.3 Å². The fraction of sp³-hybridized carbons (Fsp3) is 0.222. The van der Waals surface area contributed by atoms with Crippen LogP contribution < -0.4 is 10.1 Å². The third-order valence-corrected chi connectivity index (χ3v) is 3.47. The molecule has 25 heavy (non-hydrogen) atoms. The van der Waals surface area contributed by atoms with Crippen molar-refractivity contribution in [1.29, 1.82) is 0 Å². The fourth-order valence-electron chi connectivity index (χ4n) is 1.98. The second-order valence-electron chi connectivity index (χ2n) is 5.12. The standard InChI is InChI=1S/C18H17ClFNO4/c1-3-24-14-7-5-13(6-8-14)21-17(22)11(2)25-18(23)15-9-4-12(19)10-16(15)20/h4-11H,3H2,1-2H3,(H,21,22)/t11-/m0/s1. The first-order valence-corrected chi connectivity index (χ1v) is 7.98. The number of nitrogens with one attached hydrogen (secondary N) is 1. The molecule has 7 heteroatoms. The minimum Gasteiger partial charge on any atom is -0.494 e. The first-order valence-electron chi connectivity index (χ1n) is 7.60. The highest BCUT2D eigenvalue weighted by molar-refractivity contribution is 6.30. The number of hydrogen-bond donors (Lipinski definition) is 1. The summed E-state index contributed by atoms with van der Waals surface area (Å²) in [7, 11) is 0. The van der Waals surface area contributed by atoms with Crippen LogP contribution in [0, 0.1) is 5.82 Å². The molecule has 0 aromatic heterocycles. The number of rotatable bonds is 6. The van der Waals surface area contributed by atoms with Crippen molar-refractivity contribution in [2.75, 3.05) is 11.9 Å². The van der Waals surface area contributed by atoms with Gasteiger partial charge >= 0.3 is 5.97 Å². The summed E-state index contributed by atoms with van der Waals surface area (Å²) in [6.45, 7) is 3.81. The highest BCUT2D eigenvalue weighted by Gasteiger charge is 2.21. The average Bonchev–Trinajstić information content (AvgIpc) is 2.56. The normalized spacial score (nSPS) is 11.5. The maximum Gasteiger partial charge on any atom is 0.341 e. The summed E-state index contributed by atoms with van der Waals surface area (Å²) >= 11 is 5.63. The van der Waals surface area contributed by atoms with E-state index in [-0.39, 0.29) is 10.6 Å². The van der Waals surface area contributed by atoms with Crippen molar-refractivity contribution >= 4 is 29.2 Å². The Morgan fingerprint density at radius 1 is 1.20 bits per heavy atom. The van der Waals surface area contributed by atoms with Crippen LogP contribution in [0.25, 0.3) is 0 Å². The Morgan fingerprint density at radius 2 is 1.88 bits per heavy atom. The zero-order valence-corrected chi connectivity index (χ0v) is 14.5. The number of ether oxygens (including phenoxy) is 2. The lowest BCUT2D eigenvalue weighted by molar-refractivity contribution is -0.123. The molecule has 2 aromatic carbocycles. The molecule has 0 saturated heterocycles. The van der Waals surface area contributed by atoms with Crippen LogP contribution in [-0.2, 0) is 9.53 Å². The molecule has 1 atom stereocenters. The first-order chi connectivity index (χ1) is 11.9. The van der Waals surface area contributed by atoms with Crippen LogP contribution in [0.1, 0.15) is 24.2 Å². The van der Waals surface area contributed by atoms with Crippen LogP contribution in [-0.4, -0.2) is 24.6 Å². The summed E-state index contributed by atoms with van der Waals surface area (Å²) in [5.41, 5.74) is 0.235. The first kappa shape index (κ1) is 18.7. The van der Waals surface area contributed by atoms with Crippen molar-refractivity contribution < 1.29 is 23.5 Å². The number of anilines is 1. The van der Waals surface area contributed by atoms with Crippen molar-refractivity contribution in [3.8, 4) is 5.75 Å². The van der Waals surface area contributed by atoms with E-state index < -0.39 is 23.8 Å². The minimum absolute atomic E-state index is 0.162. The molecule has 0 unspecified atom stereocenters. The molecule has 2 rings (SSSR count). The van der Waals surface area contributed by atoms with Crippen molar-refractivity contribution in [2.24, 2.45) is 0 Å². The molecule has 132 valence electrons. The number of benzene rings is 2. The predicted octanol–water partition coefficient (Wildman–Crippen LogP) is 4.06. The van der Waals surface area contributed by atoms with Crippen LogP contribution in [0.3, 0.4) is 0 Å². The third-order valence-electron chi connectivity index (χ3n) is 3.24. The van der Waals surface area contributed by atoms with Gasteiger partial charge in [0.05, 0.1) is 12.2 Å². The number of hydrogen-bond acceptors (Lipinski definition) is 4. The Labute approximate surface area is 149 Å². The average molecular weight is 366 g/mol. The Hall–Kier alpha value is -2.60. The van der Waals surface area contributed by atoms with Crippen LogP contribution in [0.2, 0.25) is 5.02 Å². The number of carbonyl (C=O) groups excluding carboxylic acids is 2. The van der Waals surface area contributed by atoms with E-state index in [9.17, 15) is 14.0 Å². The van der Waals surface area contributed by atoms with E-state index in [2.05, 4.69) is 5.32 Å². The molecule has 0 saturated carbocycles. The molecule has 0 spiro atoms. The van der Waals surface area contributed by atoms with Crippen LogP contribution in [0.4, 0.5) is 10.1 Å². The molecule has 0 aliphatic carbocycles. The van der Waals surface area contributed by atoms with Gasteiger partial charge in [-0.05, 0) is 56.3 Å². The summed E-state index contributed by atoms with van der Waals surface area (Å²) in [4.78, 5) is 24.1. The lowest BCUT2D eigenvalue weighted by atomic mass is 10.2. The van der Waals surface area contributed by atoms with Gasteiger partial charge in [0.2, 0.25) is 0 Å². The van der Waals surface area contributed by atoms with Gasteiger partial charge in [0.1, 0.15) is 11.6 Å². The zero-order valence-electron chi connectivity index (χ0n) is 13.7. The second kappa shape index (κ2) is 8.48. The summed E-state index contributed by atoms with van der Waals surface area (Å²) < 4.78 is 24.0. The van der Waals surface area contributed by atoms with E-state index in [1.807, 2.05) is 6.92 Å². The van der Waals surface area contributed by atoms with Gasteiger partial charge < -0.3 is 14.8 Å². The molecule has 0 radical (unpaired) electrons. The Bertz CT molecular complexity index is 764. The monoisotopic (exact) mass is 365 g/mol. The van der Waals surface area contributed by atoms with Crippen LogP contribution in [0.15, 0.2) is 42.5 Å². The lowest BCUT2D eigenvalue weighted by Gasteiger charge is -2.14. The summed E-state index contributed by atoms with van der Waals surface area (Å²) in [5, 5.41) is 2.77. The number of amides is 1. The molecule has 1 amide bonds. The molecule has 0 bridgehead atoms. The zero-order chi connectivity index (χ0) is 18.4. The van der Waals surface area contributed by atoms with E-state index in [0.717, 1.165) is 6.07 Å². The van der Waals surface area contributed by atoms with Crippen molar-refractivity contribution in [2.45, 2.75) is 20.0 Å². The topological polar surface area (TPSA) is 64.6 Å². The summed E-state index contributed by atoms with van der Waals surface area (Å²) in [6.07, 6.45) is -1.10. The highest BCUT2D eigenvalue weighted by Crippen LogP contribution is 2.18. The molecule has 2 aromatic rings. The smallest absolute Gasteiger partial charge is 0.341 e. The number of carbonyl (C=O) groups is 2. The Morgan fingerprint density at radius 3 is 2.48 bits per heavy atom. The van der Waals surface area contributed by atoms with E-state index in [4.69, 9.17) is 21.1 Å². The quantitative estimate of drug-likeness (QED) is 0.784. The van der Waals surface area contributed by atoms with Crippen molar-refractivity contribution in [1.82, 2.24) is 0 Å². The summed E-state index contributed by atoms with van der Waals surface area (Å²) in [5.74, 6) is -1.61. The molecule has 0 heterocycles. The molecule has 5 nitrogen and oxygen atoms in total. The second-order valence-corrected chi connectivity index (χ2v) is 5.55. The van der Waals surface area contributed by atoms with E-state index in [1.165, 1.54) is 19.1 Å². The molecule has 0 aliphatic rings. The van der Waals surface area contributed by atoms with Gasteiger partial charge in [-0.1, -0.05) is 11.6 Å². The Balaban J connectivity index is 1.96. The van der Waals surface area contributed by atoms with E-state index >= 15 is 0 Å². The molecular weight excluding hydrogens is 349 g/mol. The molecule has 0 fully saturated rings. The SMILES string of the molecule is CCOc1ccc(NC(=O)[C@H](C)OC(=O)c2ccc(Cl)cc2F)cc1. The Kier molecular flexibility index (Phi) is 6.36. The van der Waals surface area contributed by atoms with Gasteiger partial charge in [0.25, 0.3) is 5.91 Å². The van der Waals surface area contributed by atoms with E-state index in [0.29, 0.717) is 18.0 Å². The van der Waals surface area contributed by atoms with Gasteiger partial charge in [-0.2, -0.15) is 0 Å². The third kappa shape index (κ3) is 5.19. The van der Waals surface area contributed by atoms with Gasteiger partial charge in [0, 0.05) is 10.7 Å². The minimum atomic E-state index is -1.10. The van der Waals surface area contributed by atoms with Gasteiger partial charge in [0.15, 0.2) is 6.10 Å². The number of halogens is 2. The molecule has 1 N–H and O–H groups in total. The maximum absolute atomic E-state index is 13.7. The highest BCUT2D eigenvalue weighted by atomic mass is 35.5. The fourth-order valence-corrected chi connectivity index (χ4v) is 2.14. The van der Waals surface area contributed by atoms with Gasteiger partial charge in [-0.3, -0.25) is 4.79 Å². The van der Waals surface area contributed by atoms with Crippen LogP contribution in [0.5, 0.6) is 5.75 Å². The lowest BCUT2D eigenvalue weighted by Crippen LogP contribution is -2.30. The van der Waals surface area contributed by atoms with Crippen LogP contribution >= 0.6 is 11.6 Å². The maximum atomic E-state index is 13.7. The summed E-state index contributed by atoms with van der Waals surface area (Å²) in [6, 6.07) is 10.3. The largest absolute Gasteiger partial charge is 0.494 e. The number of esters is 1.